The average Bonchev–Trinajstić information content (AvgIpc) is 2.76. The first kappa shape index (κ1) is 17.5. The molecule has 0 bridgehead atoms. The summed E-state index contributed by atoms with van der Waals surface area (Å²) in [5.74, 6) is -0.298. The average molecular weight is 342 g/mol. The zero-order valence-corrected chi connectivity index (χ0v) is 12.1. The van der Waals surface area contributed by atoms with Crippen LogP contribution in [0.1, 0.15) is 0 Å². The monoisotopic (exact) mass is 341 g/mol. The molecule has 0 atom stereocenters. The first-order valence-corrected chi connectivity index (χ1v) is 6.29. The molecule has 10 heteroatoms. The van der Waals surface area contributed by atoms with E-state index in [9.17, 15) is 18.0 Å². The van der Waals surface area contributed by atoms with Gasteiger partial charge in [-0.05, 0) is 18.2 Å². The van der Waals surface area contributed by atoms with E-state index in [1.807, 2.05) is 0 Å². The van der Waals surface area contributed by atoms with Crippen molar-refractivity contribution in [3.8, 4) is 5.75 Å². The number of hydrogen-bond acceptors (Lipinski definition) is 5. The van der Waals surface area contributed by atoms with Crippen molar-refractivity contribution >= 4 is 45.0 Å². The smallest absolute Gasteiger partial charge is 0.422 e. The van der Waals surface area contributed by atoms with E-state index in [1.54, 1.807) is 0 Å². The standard InChI is InChI=1S/C11H10F3N3O2S.ClH/c12-11(13,14)5-19-6-1-2-7-8(3-6)20-10(16-7)17-9(18)4-15;/h1-3H,4-5,15H2,(H,16,17,18);1H. The summed E-state index contributed by atoms with van der Waals surface area (Å²) in [5, 5.41) is 2.82. The number of nitrogens with two attached hydrogens (primary N) is 1. The van der Waals surface area contributed by atoms with Crippen molar-refractivity contribution in [3.05, 3.63) is 18.2 Å². The quantitative estimate of drug-likeness (QED) is 0.896. The number of carbonyl (C=O) groups excluding carboxylic acids is 1. The molecule has 116 valence electrons. The Balaban J connectivity index is 0.00000220. The summed E-state index contributed by atoms with van der Waals surface area (Å²) in [7, 11) is 0. The molecule has 1 heterocycles. The van der Waals surface area contributed by atoms with E-state index < -0.39 is 18.7 Å². The third-order valence-electron chi connectivity index (χ3n) is 2.19. The topological polar surface area (TPSA) is 77.2 Å². The van der Waals surface area contributed by atoms with Crippen LogP contribution in [0.4, 0.5) is 18.3 Å². The molecule has 1 aromatic carbocycles. The van der Waals surface area contributed by atoms with Crippen molar-refractivity contribution in [1.29, 1.82) is 0 Å². The number of nitrogens with zero attached hydrogens (tertiary/aromatic N) is 1. The maximum absolute atomic E-state index is 12.0. The van der Waals surface area contributed by atoms with Crippen molar-refractivity contribution in [2.75, 3.05) is 18.5 Å². The first-order chi connectivity index (χ1) is 9.37. The van der Waals surface area contributed by atoms with Crippen molar-refractivity contribution < 1.29 is 22.7 Å². The van der Waals surface area contributed by atoms with Gasteiger partial charge in [-0.25, -0.2) is 4.98 Å². The number of ether oxygens (including phenoxy) is 1. The third-order valence-corrected chi connectivity index (χ3v) is 3.13. The second kappa shape index (κ2) is 6.92. The molecule has 0 unspecified atom stereocenters. The van der Waals surface area contributed by atoms with Crippen molar-refractivity contribution in [2.24, 2.45) is 5.73 Å². The Kier molecular flexibility index (Phi) is 5.76. The lowest BCUT2D eigenvalue weighted by Crippen LogP contribution is -2.21. The highest BCUT2D eigenvalue weighted by atomic mass is 35.5. The number of rotatable bonds is 4. The summed E-state index contributed by atoms with van der Waals surface area (Å²) in [4.78, 5) is 15.2. The van der Waals surface area contributed by atoms with Crippen molar-refractivity contribution in [3.63, 3.8) is 0 Å². The summed E-state index contributed by atoms with van der Waals surface area (Å²) < 4.78 is 41.4. The van der Waals surface area contributed by atoms with Crippen LogP contribution in [0.2, 0.25) is 0 Å². The predicted octanol–water partition coefficient (Wildman–Crippen LogP) is 2.56. The van der Waals surface area contributed by atoms with Gasteiger partial charge in [0.25, 0.3) is 0 Å². The van der Waals surface area contributed by atoms with Crippen molar-refractivity contribution in [1.82, 2.24) is 4.98 Å². The summed E-state index contributed by atoms with van der Waals surface area (Å²) in [6, 6.07) is 4.36. The summed E-state index contributed by atoms with van der Waals surface area (Å²) in [6.07, 6.45) is -4.39. The van der Waals surface area contributed by atoms with Crippen LogP contribution in [-0.2, 0) is 4.79 Å². The number of nitrogens with one attached hydrogen (secondary N) is 1. The zero-order valence-electron chi connectivity index (χ0n) is 10.4. The second-order valence-electron chi connectivity index (χ2n) is 3.80. The lowest BCUT2D eigenvalue weighted by atomic mass is 10.3. The largest absolute Gasteiger partial charge is 0.484 e. The fraction of sp³-hybridized carbons (Fsp3) is 0.273. The Hall–Kier alpha value is -1.58. The Bertz CT molecular complexity index is 633. The first-order valence-electron chi connectivity index (χ1n) is 5.47. The fourth-order valence-electron chi connectivity index (χ4n) is 1.38. The second-order valence-corrected chi connectivity index (χ2v) is 4.84. The van der Waals surface area contributed by atoms with E-state index in [0.29, 0.717) is 15.3 Å². The molecular weight excluding hydrogens is 331 g/mol. The van der Waals surface area contributed by atoms with Crippen LogP contribution in [0.25, 0.3) is 10.2 Å². The molecule has 0 saturated carbocycles. The molecule has 1 aromatic heterocycles. The van der Waals surface area contributed by atoms with Crippen LogP contribution in [0.5, 0.6) is 5.75 Å². The summed E-state index contributed by atoms with van der Waals surface area (Å²) in [5.41, 5.74) is 5.71. The number of carbonyl (C=O) groups is 1. The highest BCUT2D eigenvalue weighted by molar-refractivity contribution is 7.22. The summed E-state index contributed by atoms with van der Waals surface area (Å²) in [6.45, 7) is -1.52. The number of aromatic nitrogens is 1. The number of anilines is 1. The van der Waals surface area contributed by atoms with Crippen LogP contribution >= 0.6 is 23.7 Å². The number of benzene rings is 1. The van der Waals surface area contributed by atoms with Gasteiger partial charge in [-0.15, -0.1) is 12.4 Å². The maximum Gasteiger partial charge on any atom is 0.422 e. The molecule has 2 rings (SSSR count). The molecule has 2 aromatic rings. The lowest BCUT2D eigenvalue weighted by Gasteiger charge is -2.08. The molecule has 0 aliphatic carbocycles. The minimum absolute atomic E-state index is 0. The van der Waals surface area contributed by atoms with Gasteiger partial charge in [0.1, 0.15) is 5.75 Å². The van der Waals surface area contributed by atoms with E-state index >= 15 is 0 Å². The number of amides is 1. The molecule has 21 heavy (non-hydrogen) atoms. The van der Waals surface area contributed by atoms with Gasteiger partial charge >= 0.3 is 6.18 Å². The number of fused-ring (bicyclic) bond motifs is 1. The van der Waals surface area contributed by atoms with E-state index in [4.69, 9.17) is 5.73 Å². The molecule has 5 nitrogen and oxygen atoms in total. The van der Waals surface area contributed by atoms with E-state index in [2.05, 4.69) is 15.0 Å². The van der Waals surface area contributed by atoms with Crippen LogP contribution in [0.3, 0.4) is 0 Å². The molecule has 0 saturated heterocycles. The number of alkyl halides is 3. The maximum atomic E-state index is 12.0. The highest BCUT2D eigenvalue weighted by Gasteiger charge is 2.28. The van der Waals surface area contributed by atoms with Gasteiger partial charge in [-0.2, -0.15) is 13.2 Å². The number of hydrogen-bond donors (Lipinski definition) is 2. The molecule has 0 fully saturated rings. The van der Waals surface area contributed by atoms with E-state index in [1.165, 1.54) is 18.2 Å². The van der Waals surface area contributed by atoms with E-state index in [-0.39, 0.29) is 24.7 Å². The van der Waals surface area contributed by atoms with Gasteiger partial charge < -0.3 is 15.8 Å². The van der Waals surface area contributed by atoms with Crippen molar-refractivity contribution in [2.45, 2.75) is 6.18 Å². The normalized spacial score (nSPS) is 11.0. The van der Waals surface area contributed by atoms with Gasteiger partial charge in [-0.1, -0.05) is 11.3 Å². The highest BCUT2D eigenvalue weighted by Crippen LogP contribution is 2.29. The minimum atomic E-state index is -4.39. The van der Waals surface area contributed by atoms with Gasteiger partial charge in [0, 0.05) is 0 Å². The van der Waals surface area contributed by atoms with Gasteiger partial charge in [0.15, 0.2) is 11.7 Å². The Morgan fingerprint density at radius 3 is 2.76 bits per heavy atom. The lowest BCUT2D eigenvalue weighted by molar-refractivity contribution is -0.153. The van der Waals surface area contributed by atoms with Crippen LogP contribution < -0.4 is 15.8 Å². The van der Waals surface area contributed by atoms with E-state index in [0.717, 1.165) is 11.3 Å². The molecule has 1 amide bonds. The Morgan fingerprint density at radius 1 is 1.43 bits per heavy atom. The SMILES string of the molecule is Cl.NCC(=O)Nc1nc2ccc(OCC(F)(F)F)cc2s1. The predicted molar refractivity (Wildman–Crippen MR) is 76.1 cm³/mol. The number of thiazole rings is 1. The van der Waals surface area contributed by atoms with Crippen LogP contribution in [0, 0.1) is 0 Å². The van der Waals surface area contributed by atoms with Crippen LogP contribution in [-0.4, -0.2) is 30.2 Å². The Morgan fingerprint density at radius 2 is 2.14 bits per heavy atom. The molecule has 0 aliphatic rings. The summed E-state index contributed by atoms with van der Waals surface area (Å²) >= 11 is 1.13. The van der Waals surface area contributed by atoms with Gasteiger partial charge in [0.2, 0.25) is 5.91 Å². The van der Waals surface area contributed by atoms with Gasteiger partial charge in [0.05, 0.1) is 16.8 Å². The van der Waals surface area contributed by atoms with Crippen LogP contribution in [0.15, 0.2) is 18.2 Å². The van der Waals surface area contributed by atoms with Gasteiger partial charge in [-0.3, -0.25) is 4.79 Å². The zero-order chi connectivity index (χ0) is 14.8. The fourth-order valence-corrected chi connectivity index (χ4v) is 2.29. The minimum Gasteiger partial charge on any atom is -0.484 e. The molecule has 0 spiro atoms. The third kappa shape index (κ3) is 5.03. The molecular formula is C11H11ClF3N3O2S. The molecule has 0 aliphatic heterocycles. The molecule has 3 N–H and O–H groups in total. The Labute approximate surface area is 127 Å². The molecule has 0 radical (unpaired) electrons. The number of halogens is 4.